The molecule has 0 aromatic rings. The molecule has 1 rings (SSSR count). The van der Waals surface area contributed by atoms with Crippen LogP contribution in [0.2, 0.25) is 0 Å². The summed E-state index contributed by atoms with van der Waals surface area (Å²) in [5.74, 6) is -1.66. The number of aliphatic carboxylic acids is 2. The van der Waals surface area contributed by atoms with E-state index in [-0.39, 0.29) is 5.91 Å². The van der Waals surface area contributed by atoms with Crippen molar-refractivity contribution in [3.05, 3.63) is 0 Å². The molecule has 0 aromatic heterocycles. The largest absolute Gasteiger partial charge is 0.480 e. The molecule has 18 heavy (non-hydrogen) atoms. The van der Waals surface area contributed by atoms with Crippen molar-refractivity contribution < 1.29 is 24.6 Å². The smallest absolute Gasteiger partial charge is 0.326 e. The summed E-state index contributed by atoms with van der Waals surface area (Å²) in [5.41, 5.74) is 5.22. The zero-order chi connectivity index (χ0) is 14.3. The third kappa shape index (κ3) is 6.85. The van der Waals surface area contributed by atoms with Crippen molar-refractivity contribution in [2.75, 3.05) is 0 Å². The molecule has 104 valence electrons. The Morgan fingerprint density at radius 2 is 2.00 bits per heavy atom. The Morgan fingerprint density at radius 3 is 2.17 bits per heavy atom. The molecule has 7 heteroatoms. The Morgan fingerprint density at radius 1 is 1.44 bits per heavy atom. The topological polar surface area (TPSA) is 130 Å². The number of amides is 1. The lowest BCUT2D eigenvalue weighted by molar-refractivity contribution is -0.140. The lowest BCUT2D eigenvalue weighted by atomic mass is 10.1. The highest BCUT2D eigenvalue weighted by Crippen LogP contribution is 2.05. The summed E-state index contributed by atoms with van der Waals surface area (Å²) in [5, 5.41) is 18.9. The molecule has 0 bridgehead atoms. The van der Waals surface area contributed by atoms with Crippen molar-refractivity contribution in [2.45, 2.75) is 45.2 Å². The van der Waals surface area contributed by atoms with E-state index in [1.54, 1.807) is 0 Å². The average Bonchev–Trinajstić information content (AvgIpc) is 2.64. The van der Waals surface area contributed by atoms with Crippen LogP contribution in [0.4, 0.5) is 0 Å². The third-order valence-corrected chi connectivity index (χ3v) is 2.34. The van der Waals surface area contributed by atoms with Crippen LogP contribution in [0.15, 0.2) is 0 Å². The first kappa shape index (κ1) is 16.4. The Hall–Kier alpha value is -1.63. The molecule has 1 fully saturated rings. The van der Waals surface area contributed by atoms with Crippen LogP contribution in [0.3, 0.4) is 0 Å². The molecule has 5 N–H and O–H groups in total. The van der Waals surface area contributed by atoms with Crippen LogP contribution in [-0.2, 0) is 14.4 Å². The number of hydrogen-bond donors (Lipinski definition) is 4. The van der Waals surface area contributed by atoms with Gasteiger partial charge < -0.3 is 21.3 Å². The SMILES string of the molecule is CC(C)C[C@H](N)C(=O)O.O=C1CC[C@@H](C(=O)O)N1. The Balaban J connectivity index is 0.000000321. The summed E-state index contributed by atoms with van der Waals surface area (Å²) in [4.78, 5) is 30.6. The lowest BCUT2D eigenvalue weighted by Gasteiger charge is -2.07. The standard InChI is InChI=1S/C6H13NO2.C5H7NO3/c1-4(2)3-5(7)6(8)9;7-4-2-1-3(6-4)5(8)9/h4-5H,3,7H2,1-2H3,(H,8,9);3H,1-2H2,(H,6,7)(H,8,9)/t5-;3-/m00/s1. The Kier molecular flexibility index (Phi) is 6.96. The molecule has 0 unspecified atom stereocenters. The van der Waals surface area contributed by atoms with Gasteiger partial charge in [-0.1, -0.05) is 13.8 Å². The molecular weight excluding hydrogens is 240 g/mol. The van der Waals surface area contributed by atoms with Crippen molar-refractivity contribution in [1.29, 1.82) is 0 Å². The zero-order valence-corrected chi connectivity index (χ0v) is 10.5. The maximum Gasteiger partial charge on any atom is 0.326 e. The maximum absolute atomic E-state index is 10.4. The van der Waals surface area contributed by atoms with Gasteiger partial charge in [0.1, 0.15) is 12.1 Å². The van der Waals surface area contributed by atoms with E-state index in [9.17, 15) is 14.4 Å². The fraction of sp³-hybridized carbons (Fsp3) is 0.727. The van der Waals surface area contributed by atoms with E-state index in [0.29, 0.717) is 25.2 Å². The molecule has 0 aromatic carbocycles. The summed E-state index contributed by atoms with van der Waals surface area (Å²) in [6.07, 6.45) is 1.32. The first-order chi connectivity index (χ1) is 8.23. The zero-order valence-electron chi connectivity index (χ0n) is 10.5. The van der Waals surface area contributed by atoms with Gasteiger partial charge in [-0.3, -0.25) is 9.59 Å². The van der Waals surface area contributed by atoms with Gasteiger partial charge in [-0.15, -0.1) is 0 Å². The second-order valence-electron chi connectivity index (χ2n) is 4.57. The van der Waals surface area contributed by atoms with Gasteiger partial charge in [0.05, 0.1) is 0 Å². The van der Waals surface area contributed by atoms with Gasteiger partial charge in [0.2, 0.25) is 5.91 Å². The summed E-state index contributed by atoms with van der Waals surface area (Å²) in [7, 11) is 0. The molecule has 7 nitrogen and oxygen atoms in total. The second kappa shape index (κ2) is 7.65. The predicted octanol–water partition coefficient (Wildman–Crippen LogP) is -0.206. The quantitative estimate of drug-likeness (QED) is 0.553. The van der Waals surface area contributed by atoms with Gasteiger partial charge in [-0.2, -0.15) is 0 Å². The van der Waals surface area contributed by atoms with Crippen LogP contribution in [0.5, 0.6) is 0 Å². The van der Waals surface area contributed by atoms with E-state index < -0.39 is 24.0 Å². The minimum atomic E-state index is -0.944. The number of nitrogens with one attached hydrogen (secondary N) is 1. The van der Waals surface area contributed by atoms with Crippen molar-refractivity contribution in [3.63, 3.8) is 0 Å². The molecule has 0 radical (unpaired) electrons. The van der Waals surface area contributed by atoms with Gasteiger partial charge in [0, 0.05) is 6.42 Å². The number of carbonyl (C=O) groups excluding carboxylic acids is 1. The number of hydrogen-bond acceptors (Lipinski definition) is 4. The highest BCUT2D eigenvalue weighted by atomic mass is 16.4. The number of carboxylic acids is 2. The summed E-state index contributed by atoms with van der Waals surface area (Å²) >= 11 is 0. The third-order valence-electron chi connectivity index (χ3n) is 2.34. The van der Waals surface area contributed by atoms with Gasteiger partial charge in [-0.25, -0.2) is 4.79 Å². The van der Waals surface area contributed by atoms with Gasteiger partial charge in [0.25, 0.3) is 0 Å². The minimum absolute atomic E-state index is 0.164. The number of rotatable bonds is 4. The van der Waals surface area contributed by atoms with Crippen LogP contribution in [0.25, 0.3) is 0 Å². The van der Waals surface area contributed by atoms with E-state index in [4.69, 9.17) is 15.9 Å². The van der Waals surface area contributed by atoms with Crippen LogP contribution >= 0.6 is 0 Å². The summed E-state index contributed by atoms with van der Waals surface area (Å²) < 4.78 is 0. The minimum Gasteiger partial charge on any atom is -0.480 e. The molecule has 1 saturated heterocycles. The normalized spacial score (nSPS) is 19.8. The van der Waals surface area contributed by atoms with Crippen LogP contribution in [-0.4, -0.2) is 40.1 Å². The number of carbonyl (C=O) groups is 3. The summed E-state index contributed by atoms with van der Waals surface area (Å²) in [6.45, 7) is 3.89. The van der Waals surface area contributed by atoms with E-state index in [0.717, 1.165) is 0 Å². The van der Waals surface area contributed by atoms with Crippen molar-refractivity contribution in [3.8, 4) is 0 Å². The first-order valence-corrected chi connectivity index (χ1v) is 5.74. The molecule has 1 aliphatic heterocycles. The molecule has 0 saturated carbocycles. The van der Waals surface area contributed by atoms with Crippen molar-refractivity contribution in [2.24, 2.45) is 11.7 Å². The second-order valence-corrected chi connectivity index (χ2v) is 4.57. The highest BCUT2D eigenvalue weighted by Gasteiger charge is 2.26. The van der Waals surface area contributed by atoms with E-state index >= 15 is 0 Å². The molecule has 2 atom stereocenters. The van der Waals surface area contributed by atoms with Gasteiger partial charge in [-0.05, 0) is 18.8 Å². The van der Waals surface area contributed by atoms with Crippen LogP contribution < -0.4 is 11.1 Å². The van der Waals surface area contributed by atoms with Crippen molar-refractivity contribution >= 4 is 17.8 Å². The molecule has 0 aliphatic carbocycles. The van der Waals surface area contributed by atoms with Crippen molar-refractivity contribution in [1.82, 2.24) is 5.32 Å². The summed E-state index contributed by atoms with van der Waals surface area (Å²) in [6, 6.07) is -1.33. The number of carboxylic acid groups (broad SMARTS) is 2. The predicted molar refractivity (Wildman–Crippen MR) is 63.9 cm³/mol. The molecule has 1 heterocycles. The highest BCUT2D eigenvalue weighted by molar-refractivity contribution is 5.87. The monoisotopic (exact) mass is 260 g/mol. The van der Waals surface area contributed by atoms with Crippen LogP contribution in [0, 0.1) is 5.92 Å². The maximum atomic E-state index is 10.4. The lowest BCUT2D eigenvalue weighted by Crippen LogP contribution is -2.32. The molecule has 1 amide bonds. The average molecular weight is 260 g/mol. The molecular formula is C11H20N2O5. The van der Waals surface area contributed by atoms with Gasteiger partial charge in [0.15, 0.2) is 0 Å². The molecule has 0 spiro atoms. The Bertz CT molecular complexity index is 317. The number of nitrogens with two attached hydrogens (primary N) is 1. The molecule has 1 aliphatic rings. The fourth-order valence-corrected chi connectivity index (χ4v) is 1.41. The van der Waals surface area contributed by atoms with E-state index in [1.807, 2.05) is 13.8 Å². The van der Waals surface area contributed by atoms with E-state index in [2.05, 4.69) is 5.32 Å². The fourth-order valence-electron chi connectivity index (χ4n) is 1.41. The Labute approximate surface area is 105 Å². The van der Waals surface area contributed by atoms with Crippen LogP contribution in [0.1, 0.15) is 33.1 Å². The first-order valence-electron chi connectivity index (χ1n) is 5.74. The van der Waals surface area contributed by atoms with Gasteiger partial charge >= 0.3 is 11.9 Å². The van der Waals surface area contributed by atoms with E-state index in [1.165, 1.54) is 0 Å².